The summed E-state index contributed by atoms with van der Waals surface area (Å²) >= 11 is 0. The lowest BCUT2D eigenvalue weighted by molar-refractivity contribution is -0.164. The summed E-state index contributed by atoms with van der Waals surface area (Å²) < 4.78 is 9.93. The maximum atomic E-state index is 10.3. The molecule has 0 amide bonds. The van der Waals surface area contributed by atoms with Crippen LogP contribution in [0.3, 0.4) is 0 Å². The smallest absolute Gasteiger partial charge is 0.372 e. The van der Waals surface area contributed by atoms with E-state index >= 15 is 0 Å². The van der Waals surface area contributed by atoms with Gasteiger partial charge in [0, 0.05) is 6.42 Å². The van der Waals surface area contributed by atoms with Crippen LogP contribution in [0.2, 0.25) is 0 Å². The molecule has 0 aliphatic heterocycles. The molecule has 1 atom stereocenters. The summed E-state index contributed by atoms with van der Waals surface area (Å²) in [5.41, 5.74) is 0. The Hall–Kier alpha value is -0.800. The monoisotopic (exact) mass is 178 g/mol. The topological polar surface area (TPSA) is 94.5 Å². The molecular weight excluding hydrogens is 171 g/mol. The van der Waals surface area contributed by atoms with Crippen LogP contribution in [-0.4, -0.2) is 23.0 Å². The molecule has 0 aromatic carbocycles. The summed E-state index contributed by atoms with van der Waals surface area (Å²) in [6, 6.07) is 0. The van der Waals surface area contributed by atoms with Crippen molar-refractivity contribution in [1.29, 1.82) is 0 Å². The minimum absolute atomic E-state index is 0.0871. The highest BCUT2D eigenvalue weighted by Gasteiger charge is 2.12. The normalized spacial score (nSPS) is 10.8. The van der Waals surface area contributed by atoms with Gasteiger partial charge in [0.25, 0.3) is 0 Å². The van der Waals surface area contributed by atoms with Crippen molar-refractivity contribution in [3.63, 3.8) is 0 Å². The highest BCUT2D eigenvalue weighted by atomic mass is 31.1. The average Bonchev–Trinajstić information content (AvgIpc) is 1.86. The minimum Gasteiger partial charge on any atom is -0.596 e. The molecule has 0 aromatic heterocycles. The number of rotatable bonds is 5. The number of carboxylic acid groups (broad SMARTS) is 1. The van der Waals surface area contributed by atoms with Crippen LogP contribution >= 0.6 is 8.03 Å². The molecule has 0 bridgehead atoms. The van der Waals surface area contributed by atoms with Crippen molar-refractivity contribution in [3.05, 3.63) is 0 Å². The van der Waals surface area contributed by atoms with Crippen LogP contribution in [0.4, 0.5) is 0 Å². The molecule has 6 heteroatoms. The largest absolute Gasteiger partial charge is 0.596 e. The molecule has 0 saturated heterocycles. The van der Waals surface area contributed by atoms with Gasteiger partial charge in [0.1, 0.15) is 6.16 Å². The Morgan fingerprint density at radius 3 is 2.36 bits per heavy atom. The number of carbonyl (C=O) groups excluding carboxylic acids is 1. The summed E-state index contributed by atoms with van der Waals surface area (Å²) in [4.78, 5) is 30.1. The SMILES string of the molecule is O=C(O)C(=O)CCC[P+](=O)[O-]. The van der Waals surface area contributed by atoms with E-state index in [1.165, 1.54) is 0 Å². The summed E-state index contributed by atoms with van der Waals surface area (Å²) in [6.07, 6.45) is -0.253. The van der Waals surface area contributed by atoms with Crippen molar-refractivity contribution in [2.75, 3.05) is 6.16 Å². The van der Waals surface area contributed by atoms with E-state index in [0.717, 1.165) is 0 Å². The van der Waals surface area contributed by atoms with Crippen LogP contribution in [0, 0.1) is 0 Å². The quantitative estimate of drug-likeness (QED) is 0.453. The van der Waals surface area contributed by atoms with Gasteiger partial charge in [0.2, 0.25) is 5.78 Å². The van der Waals surface area contributed by atoms with Crippen molar-refractivity contribution in [2.24, 2.45) is 0 Å². The number of carbonyl (C=O) groups is 2. The molecule has 11 heavy (non-hydrogen) atoms. The van der Waals surface area contributed by atoms with E-state index in [-0.39, 0.29) is 19.0 Å². The van der Waals surface area contributed by atoms with Gasteiger partial charge in [-0.3, -0.25) is 4.79 Å². The number of hydrogen-bond donors (Lipinski definition) is 1. The van der Waals surface area contributed by atoms with Crippen molar-refractivity contribution < 1.29 is 24.2 Å². The van der Waals surface area contributed by atoms with Crippen molar-refractivity contribution in [2.45, 2.75) is 12.8 Å². The molecule has 0 aliphatic rings. The standard InChI is InChI=1S/C5H7O5P/c6-4(5(7)8)2-1-3-11(9)10/h1-3H2,(H,7,8). The fraction of sp³-hybridized carbons (Fsp3) is 0.600. The molecule has 0 fully saturated rings. The Balaban J connectivity index is 3.47. The molecule has 0 saturated carbocycles. The maximum absolute atomic E-state index is 10.3. The zero-order valence-electron chi connectivity index (χ0n) is 5.65. The number of carboxylic acids is 1. The Morgan fingerprint density at radius 1 is 1.45 bits per heavy atom. The van der Waals surface area contributed by atoms with E-state index in [9.17, 15) is 19.0 Å². The first-order chi connectivity index (χ1) is 5.04. The molecule has 0 aliphatic carbocycles. The third kappa shape index (κ3) is 5.63. The number of aliphatic carboxylic acids is 1. The van der Waals surface area contributed by atoms with Crippen LogP contribution in [0.25, 0.3) is 0 Å². The maximum Gasteiger partial charge on any atom is 0.372 e. The van der Waals surface area contributed by atoms with Crippen molar-refractivity contribution in [3.8, 4) is 0 Å². The highest BCUT2D eigenvalue weighted by molar-refractivity contribution is 7.36. The molecular formula is C5H7O5P. The van der Waals surface area contributed by atoms with Crippen molar-refractivity contribution >= 4 is 19.8 Å². The summed E-state index contributed by atoms with van der Waals surface area (Å²) in [5.74, 6) is -2.45. The third-order valence-corrected chi connectivity index (χ3v) is 1.66. The van der Waals surface area contributed by atoms with Gasteiger partial charge in [0.05, 0.1) is 0 Å². The molecule has 62 valence electrons. The lowest BCUT2D eigenvalue weighted by atomic mass is 10.2. The van der Waals surface area contributed by atoms with Gasteiger partial charge < -0.3 is 10.00 Å². The van der Waals surface area contributed by atoms with Crippen LogP contribution in [0.5, 0.6) is 0 Å². The lowest BCUT2D eigenvalue weighted by Crippen LogP contribution is -2.12. The van der Waals surface area contributed by atoms with Gasteiger partial charge in [-0.25, -0.2) is 4.79 Å². The fourth-order valence-electron chi connectivity index (χ4n) is 0.476. The third-order valence-electron chi connectivity index (χ3n) is 0.983. The molecule has 5 nitrogen and oxygen atoms in total. The second-order valence-corrected chi connectivity index (χ2v) is 3.00. The molecule has 0 spiro atoms. The van der Waals surface area contributed by atoms with Gasteiger partial charge in [-0.1, -0.05) is 4.57 Å². The van der Waals surface area contributed by atoms with Gasteiger partial charge in [0.15, 0.2) is 0 Å². The molecule has 0 heterocycles. The number of Topliss-reactive ketones (excluding diaryl/α,β-unsaturated/α-hetero) is 1. The van der Waals surface area contributed by atoms with Gasteiger partial charge in [-0.2, -0.15) is 0 Å². The lowest BCUT2D eigenvalue weighted by Gasteiger charge is -1.90. The van der Waals surface area contributed by atoms with Crippen LogP contribution in [-0.2, 0) is 14.2 Å². The van der Waals surface area contributed by atoms with Crippen LogP contribution in [0.15, 0.2) is 0 Å². The minimum atomic E-state index is -2.50. The van der Waals surface area contributed by atoms with Gasteiger partial charge in [-0.15, -0.1) is 0 Å². The highest BCUT2D eigenvalue weighted by Crippen LogP contribution is 2.09. The second-order valence-electron chi connectivity index (χ2n) is 1.89. The predicted octanol–water partition coefficient (Wildman–Crippen LogP) is -0.477. The first-order valence-corrected chi connectivity index (χ1v) is 4.28. The van der Waals surface area contributed by atoms with Gasteiger partial charge >= 0.3 is 14.0 Å². The molecule has 0 rings (SSSR count). The molecule has 1 unspecified atom stereocenters. The van der Waals surface area contributed by atoms with E-state index in [1.54, 1.807) is 0 Å². The second kappa shape index (κ2) is 4.93. The first kappa shape index (κ1) is 10.2. The van der Waals surface area contributed by atoms with E-state index in [0.29, 0.717) is 0 Å². The molecule has 0 aromatic rings. The van der Waals surface area contributed by atoms with E-state index < -0.39 is 19.8 Å². The molecule has 1 N–H and O–H groups in total. The Labute approximate surface area is 63.9 Å². The van der Waals surface area contributed by atoms with E-state index in [2.05, 4.69) is 0 Å². The number of ketones is 1. The number of hydrogen-bond acceptors (Lipinski definition) is 4. The molecule has 0 radical (unpaired) electrons. The zero-order valence-corrected chi connectivity index (χ0v) is 6.54. The van der Waals surface area contributed by atoms with Crippen LogP contribution in [0.1, 0.15) is 12.8 Å². The Kier molecular flexibility index (Phi) is 4.57. The zero-order chi connectivity index (χ0) is 8.85. The average molecular weight is 178 g/mol. The van der Waals surface area contributed by atoms with Crippen LogP contribution < -0.4 is 4.89 Å². The Morgan fingerprint density at radius 2 is 2.00 bits per heavy atom. The predicted molar refractivity (Wildman–Crippen MR) is 34.4 cm³/mol. The summed E-state index contributed by atoms with van der Waals surface area (Å²) in [7, 11) is -2.50. The summed E-state index contributed by atoms with van der Waals surface area (Å²) in [6.45, 7) is 0. The Bertz CT molecular complexity index is 187. The first-order valence-electron chi connectivity index (χ1n) is 2.92. The van der Waals surface area contributed by atoms with E-state index in [1.807, 2.05) is 0 Å². The summed E-state index contributed by atoms with van der Waals surface area (Å²) in [5, 5.41) is 8.05. The van der Waals surface area contributed by atoms with E-state index in [4.69, 9.17) is 5.11 Å². The van der Waals surface area contributed by atoms with Crippen molar-refractivity contribution in [1.82, 2.24) is 0 Å². The van der Waals surface area contributed by atoms with Gasteiger partial charge in [-0.05, 0) is 6.42 Å². The fourth-order valence-corrected chi connectivity index (χ4v) is 0.892.